The molecule has 1 aliphatic rings. The smallest absolute Gasteiger partial charge is 0.255 e. The number of carbonyl (C=O) groups is 2. The van der Waals surface area contributed by atoms with Gasteiger partial charge in [0.1, 0.15) is 17.2 Å². The lowest BCUT2D eigenvalue weighted by Gasteiger charge is -2.22. The van der Waals surface area contributed by atoms with E-state index in [1.807, 2.05) is 55.5 Å². The number of allylic oxidation sites excluding steroid dienone is 4. The van der Waals surface area contributed by atoms with Gasteiger partial charge in [0.2, 0.25) is 0 Å². The molecule has 0 radical (unpaired) electrons. The summed E-state index contributed by atoms with van der Waals surface area (Å²) in [5, 5.41) is 7.17. The van der Waals surface area contributed by atoms with Crippen LogP contribution in [0.3, 0.4) is 0 Å². The minimum absolute atomic E-state index is 0.00929. The van der Waals surface area contributed by atoms with Gasteiger partial charge < -0.3 is 15.1 Å². The third-order valence-electron chi connectivity index (χ3n) is 7.75. The minimum Gasteiger partial charge on any atom is -0.455 e. The lowest BCUT2D eigenvalue weighted by Crippen LogP contribution is -2.37. The first-order chi connectivity index (χ1) is 20.3. The molecule has 1 saturated carbocycles. The van der Waals surface area contributed by atoms with Crippen LogP contribution in [0.2, 0.25) is 0 Å². The van der Waals surface area contributed by atoms with Crippen molar-refractivity contribution in [3.63, 3.8) is 0 Å². The number of hydrogen-bond acceptors (Lipinski definition) is 3. The van der Waals surface area contributed by atoms with Crippen molar-refractivity contribution in [2.45, 2.75) is 32.2 Å². The normalized spacial score (nSPS) is 17.1. The van der Waals surface area contributed by atoms with Crippen molar-refractivity contribution in [1.29, 1.82) is 0 Å². The molecule has 0 saturated heterocycles. The Hall–Kier alpha value is -4.42. The summed E-state index contributed by atoms with van der Waals surface area (Å²) in [4.78, 5) is 26.3. The van der Waals surface area contributed by atoms with Gasteiger partial charge >= 0.3 is 0 Å². The molecule has 0 bridgehead atoms. The Balaban J connectivity index is 1.42. The second kappa shape index (κ2) is 12.6. The highest BCUT2D eigenvalue weighted by atomic mass is 35.5. The Morgan fingerprint density at radius 1 is 0.976 bits per heavy atom. The summed E-state index contributed by atoms with van der Waals surface area (Å²) in [5.74, 6) is -0.316. The molecule has 4 aromatic rings. The molecule has 5 rings (SSSR count). The fourth-order valence-corrected chi connectivity index (χ4v) is 5.57. The van der Waals surface area contributed by atoms with E-state index in [0.29, 0.717) is 38.5 Å². The molecule has 5 nitrogen and oxygen atoms in total. The van der Waals surface area contributed by atoms with Gasteiger partial charge in [-0.3, -0.25) is 9.59 Å². The molecule has 0 spiro atoms. The van der Waals surface area contributed by atoms with E-state index in [0.717, 1.165) is 36.0 Å². The molecule has 7 heteroatoms. The van der Waals surface area contributed by atoms with Crippen LogP contribution in [0.25, 0.3) is 33.4 Å². The van der Waals surface area contributed by atoms with E-state index < -0.39 is 0 Å². The van der Waals surface area contributed by atoms with E-state index >= 15 is 0 Å². The van der Waals surface area contributed by atoms with Gasteiger partial charge in [-0.1, -0.05) is 60.5 Å². The molecule has 1 fully saturated rings. The number of furan rings is 1. The Labute approximate surface area is 249 Å². The van der Waals surface area contributed by atoms with Crippen LogP contribution in [-0.2, 0) is 0 Å². The van der Waals surface area contributed by atoms with Crippen molar-refractivity contribution in [3.05, 3.63) is 119 Å². The zero-order valence-corrected chi connectivity index (χ0v) is 24.3. The van der Waals surface area contributed by atoms with Gasteiger partial charge in [-0.2, -0.15) is 0 Å². The Bertz CT molecular complexity index is 1720. The average molecular weight is 583 g/mol. The number of rotatable bonds is 8. The minimum atomic E-state index is -0.373. The summed E-state index contributed by atoms with van der Waals surface area (Å²) in [6.45, 7) is 6.10. The summed E-state index contributed by atoms with van der Waals surface area (Å²) >= 11 is 6.11. The average Bonchev–Trinajstić information content (AvgIpc) is 3.64. The van der Waals surface area contributed by atoms with Crippen molar-refractivity contribution >= 4 is 34.4 Å². The molecular weight excluding hydrogens is 551 g/mol. The summed E-state index contributed by atoms with van der Waals surface area (Å²) in [5.41, 5.74) is 4.64. The zero-order valence-electron chi connectivity index (χ0n) is 23.5. The monoisotopic (exact) mass is 582 g/mol. The lowest BCUT2D eigenvalue weighted by molar-refractivity contribution is 0.0929. The molecule has 3 aromatic carbocycles. The number of carbonyl (C=O) groups excluding carboxylic acids is 2. The molecule has 2 N–H and O–H groups in total. The Morgan fingerprint density at radius 2 is 1.71 bits per heavy atom. The molecule has 214 valence electrons. The van der Waals surface area contributed by atoms with E-state index in [9.17, 15) is 14.0 Å². The van der Waals surface area contributed by atoms with Crippen LogP contribution in [0.1, 0.15) is 46.9 Å². The van der Waals surface area contributed by atoms with Crippen molar-refractivity contribution in [2.75, 3.05) is 7.05 Å². The summed E-state index contributed by atoms with van der Waals surface area (Å²) in [6.07, 6.45) is 8.44. The third kappa shape index (κ3) is 6.09. The summed E-state index contributed by atoms with van der Waals surface area (Å²) in [6, 6.07) is 18.8. The van der Waals surface area contributed by atoms with Crippen LogP contribution in [0.5, 0.6) is 0 Å². The van der Waals surface area contributed by atoms with Crippen LogP contribution in [0.15, 0.2) is 107 Å². The molecule has 1 aliphatic carbocycles. The molecule has 2 atom stereocenters. The lowest BCUT2D eigenvalue weighted by atomic mass is 9.94. The maximum atomic E-state index is 13.5. The summed E-state index contributed by atoms with van der Waals surface area (Å²) in [7, 11) is 1.56. The van der Waals surface area contributed by atoms with Crippen LogP contribution in [0, 0.1) is 11.7 Å². The molecule has 0 aliphatic heterocycles. The van der Waals surface area contributed by atoms with Gasteiger partial charge in [0.25, 0.3) is 11.8 Å². The van der Waals surface area contributed by atoms with Crippen LogP contribution < -0.4 is 10.6 Å². The fraction of sp³-hybridized carbons (Fsp3) is 0.200. The molecule has 1 aromatic heterocycles. The third-order valence-corrected chi connectivity index (χ3v) is 8.09. The van der Waals surface area contributed by atoms with Gasteiger partial charge in [0.05, 0.1) is 5.56 Å². The van der Waals surface area contributed by atoms with Crippen LogP contribution >= 0.6 is 11.6 Å². The SMILES string of the molecule is C=C(C=CC(Cl)=CC)C1CCCC1NC(=O)c1cccc(-c2ccc3oc(-c4ccc(F)cc4)c(C(=O)NC)c3c2)c1. The number of nitrogens with one attached hydrogen (secondary N) is 2. The fourth-order valence-electron chi connectivity index (χ4n) is 5.51. The van der Waals surface area contributed by atoms with E-state index in [1.165, 1.54) is 12.1 Å². The number of halogens is 2. The van der Waals surface area contributed by atoms with Gasteiger partial charge in [-0.15, -0.1) is 0 Å². The van der Waals surface area contributed by atoms with Gasteiger partial charge in [-0.25, -0.2) is 4.39 Å². The van der Waals surface area contributed by atoms with E-state index in [4.69, 9.17) is 16.0 Å². The highest BCUT2D eigenvalue weighted by Gasteiger charge is 2.30. The maximum absolute atomic E-state index is 13.5. The molecule has 2 unspecified atom stereocenters. The number of amides is 2. The first-order valence-electron chi connectivity index (χ1n) is 13.9. The number of benzene rings is 3. The maximum Gasteiger partial charge on any atom is 0.255 e. The topological polar surface area (TPSA) is 71.3 Å². The van der Waals surface area contributed by atoms with Crippen LogP contribution in [-0.4, -0.2) is 24.9 Å². The van der Waals surface area contributed by atoms with E-state index in [2.05, 4.69) is 17.2 Å². The zero-order chi connectivity index (χ0) is 29.8. The Kier molecular flexibility index (Phi) is 8.74. The van der Waals surface area contributed by atoms with E-state index in [-0.39, 0.29) is 29.6 Å². The Morgan fingerprint density at radius 3 is 2.45 bits per heavy atom. The predicted octanol–water partition coefficient (Wildman–Crippen LogP) is 8.42. The van der Waals surface area contributed by atoms with Gasteiger partial charge in [0.15, 0.2) is 0 Å². The quantitative estimate of drug-likeness (QED) is 0.205. The predicted molar refractivity (Wildman–Crippen MR) is 167 cm³/mol. The van der Waals surface area contributed by atoms with Gasteiger partial charge in [0, 0.05) is 40.6 Å². The number of hydrogen-bond donors (Lipinski definition) is 2. The highest BCUT2D eigenvalue weighted by molar-refractivity contribution is 6.31. The van der Waals surface area contributed by atoms with E-state index in [1.54, 1.807) is 31.3 Å². The van der Waals surface area contributed by atoms with Crippen molar-refractivity contribution in [1.82, 2.24) is 10.6 Å². The van der Waals surface area contributed by atoms with Crippen molar-refractivity contribution in [2.24, 2.45) is 5.92 Å². The molecule has 2 amide bonds. The highest BCUT2D eigenvalue weighted by Crippen LogP contribution is 2.37. The largest absolute Gasteiger partial charge is 0.455 e. The first-order valence-corrected chi connectivity index (χ1v) is 14.3. The number of fused-ring (bicyclic) bond motifs is 1. The summed E-state index contributed by atoms with van der Waals surface area (Å²) < 4.78 is 19.6. The van der Waals surface area contributed by atoms with Crippen molar-refractivity contribution < 1.29 is 18.4 Å². The van der Waals surface area contributed by atoms with Crippen LogP contribution in [0.4, 0.5) is 4.39 Å². The second-order valence-electron chi connectivity index (χ2n) is 10.4. The second-order valence-corrected chi connectivity index (χ2v) is 10.8. The van der Waals surface area contributed by atoms with Crippen molar-refractivity contribution in [3.8, 4) is 22.5 Å². The molecule has 1 heterocycles. The van der Waals surface area contributed by atoms with Gasteiger partial charge in [-0.05, 0) is 85.5 Å². The molecular formula is C35H32ClFN2O3. The molecule has 42 heavy (non-hydrogen) atoms. The standard InChI is InChI=1S/C35H32ClFN2O3/c1-4-26(36)15-11-21(2)28-9-6-10-30(28)39-34(40)25-8-5-7-23(19-25)24-14-18-31-29(20-24)32(35(41)38-3)33(42-31)22-12-16-27(37)17-13-22/h4-5,7-8,11-20,28,30H,2,6,9-10H2,1,3H3,(H,38,41)(H,39,40). The first kappa shape index (κ1) is 29.1.